The van der Waals surface area contributed by atoms with Gasteiger partial charge in [-0.05, 0) is 31.4 Å². The molecule has 1 spiro atoms. The van der Waals surface area contributed by atoms with Crippen LogP contribution in [0.15, 0.2) is 24.3 Å². The van der Waals surface area contributed by atoms with E-state index < -0.39 is 5.41 Å². The van der Waals surface area contributed by atoms with Crippen molar-refractivity contribution in [1.82, 2.24) is 5.32 Å². The average Bonchev–Trinajstić information content (AvgIpc) is 2.72. The maximum Gasteiger partial charge on any atom is 0.234 e. The van der Waals surface area contributed by atoms with Gasteiger partial charge in [0.05, 0.1) is 12.0 Å². The number of ether oxygens (including phenoxy) is 1. The van der Waals surface area contributed by atoms with E-state index >= 15 is 0 Å². The second-order valence-electron chi connectivity index (χ2n) is 5.87. The summed E-state index contributed by atoms with van der Waals surface area (Å²) in [5.74, 6) is -0.677. The molecule has 4 nitrogen and oxygen atoms in total. The molecular formula is C16H19NO3. The third-order valence-electron chi connectivity index (χ3n) is 4.83. The van der Waals surface area contributed by atoms with E-state index in [1.807, 2.05) is 38.1 Å². The summed E-state index contributed by atoms with van der Waals surface area (Å²) in [7, 11) is 0. The second-order valence-corrected chi connectivity index (χ2v) is 5.87. The molecule has 0 radical (unpaired) electrons. The van der Waals surface area contributed by atoms with Crippen molar-refractivity contribution in [3.8, 4) is 0 Å². The summed E-state index contributed by atoms with van der Waals surface area (Å²) in [4.78, 5) is 24.3. The lowest BCUT2D eigenvalue weighted by Crippen LogP contribution is -2.53. The summed E-state index contributed by atoms with van der Waals surface area (Å²) in [6.45, 7) is 4.60. The zero-order valence-electron chi connectivity index (χ0n) is 11.8. The predicted molar refractivity (Wildman–Crippen MR) is 74.2 cm³/mol. The van der Waals surface area contributed by atoms with Crippen LogP contribution in [0, 0.1) is 12.3 Å². The van der Waals surface area contributed by atoms with Crippen LogP contribution in [-0.4, -0.2) is 24.5 Å². The van der Waals surface area contributed by atoms with Gasteiger partial charge in [-0.15, -0.1) is 0 Å². The summed E-state index contributed by atoms with van der Waals surface area (Å²) in [5.41, 5.74) is 1.70. The van der Waals surface area contributed by atoms with Crippen LogP contribution in [0.1, 0.15) is 36.8 Å². The predicted octanol–water partition coefficient (Wildman–Crippen LogP) is 1.92. The number of rotatable bonds is 1. The van der Waals surface area contributed by atoms with E-state index in [4.69, 9.17) is 4.74 Å². The second kappa shape index (κ2) is 4.70. The Morgan fingerprint density at radius 1 is 1.30 bits per heavy atom. The normalized spacial score (nSPS) is 33.5. The number of aryl methyl sites for hydroxylation is 1. The molecule has 3 atom stereocenters. The van der Waals surface area contributed by atoms with Gasteiger partial charge in [-0.3, -0.25) is 14.9 Å². The molecule has 1 aromatic carbocycles. The van der Waals surface area contributed by atoms with Crippen LogP contribution >= 0.6 is 0 Å². The smallest absolute Gasteiger partial charge is 0.234 e. The molecule has 2 aliphatic rings. The first-order valence-corrected chi connectivity index (χ1v) is 7.05. The van der Waals surface area contributed by atoms with Crippen LogP contribution in [0.3, 0.4) is 0 Å². The van der Waals surface area contributed by atoms with Gasteiger partial charge in [0.1, 0.15) is 0 Å². The number of carbonyl (C=O) groups excluding carboxylic acids is 2. The Labute approximate surface area is 118 Å². The molecule has 2 heterocycles. The van der Waals surface area contributed by atoms with Gasteiger partial charge < -0.3 is 4.74 Å². The van der Waals surface area contributed by atoms with Crippen molar-refractivity contribution in [3.63, 3.8) is 0 Å². The van der Waals surface area contributed by atoms with Crippen molar-refractivity contribution in [1.29, 1.82) is 0 Å². The van der Waals surface area contributed by atoms with Crippen LogP contribution in [-0.2, 0) is 14.3 Å². The molecule has 0 saturated carbocycles. The number of amides is 2. The molecule has 4 heteroatoms. The molecule has 20 heavy (non-hydrogen) atoms. The Hall–Kier alpha value is -1.68. The van der Waals surface area contributed by atoms with Crippen molar-refractivity contribution < 1.29 is 14.3 Å². The molecule has 3 unspecified atom stereocenters. The fourth-order valence-corrected chi connectivity index (χ4v) is 3.68. The maximum atomic E-state index is 12.5. The van der Waals surface area contributed by atoms with E-state index in [-0.39, 0.29) is 23.8 Å². The SMILES string of the molecule is Cc1ccccc1C1C(=O)NC(=O)CC12CCOC2C. The summed E-state index contributed by atoms with van der Waals surface area (Å²) in [5, 5.41) is 2.49. The van der Waals surface area contributed by atoms with Gasteiger partial charge in [0.25, 0.3) is 0 Å². The Balaban J connectivity index is 2.12. The van der Waals surface area contributed by atoms with E-state index in [1.165, 1.54) is 0 Å². The fourth-order valence-electron chi connectivity index (χ4n) is 3.68. The number of nitrogens with one attached hydrogen (secondary N) is 1. The summed E-state index contributed by atoms with van der Waals surface area (Å²) >= 11 is 0. The first-order chi connectivity index (χ1) is 9.54. The fraction of sp³-hybridized carbons (Fsp3) is 0.500. The highest BCUT2D eigenvalue weighted by molar-refractivity contribution is 6.02. The molecule has 0 aromatic heterocycles. The van der Waals surface area contributed by atoms with Crippen molar-refractivity contribution in [2.45, 2.75) is 38.7 Å². The minimum absolute atomic E-state index is 0.0814. The Morgan fingerprint density at radius 3 is 2.70 bits per heavy atom. The Morgan fingerprint density at radius 2 is 2.05 bits per heavy atom. The Kier molecular flexibility index (Phi) is 3.13. The van der Waals surface area contributed by atoms with Crippen LogP contribution in [0.5, 0.6) is 0 Å². The monoisotopic (exact) mass is 273 g/mol. The van der Waals surface area contributed by atoms with E-state index in [9.17, 15) is 9.59 Å². The maximum absolute atomic E-state index is 12.5. The van der Waals surface area contributed by atoms with Crippen molar-refractivity contribution in [3.05, 3.63) is 35.4 Å². The molecule has 3 rings (SSSR count). The summed E-state index contributed by atoms with van der Waals surface area (Å²) < 4.78 is 5.70. The average molecular weight is 273 g/mol. The number of hydrogen-bond acceptors (Lipinski definition) is 3. The molecule has 1 N–H and O–H groups in total. The van der Waals surface area contributed by atoms with Crippen LogP contribution < -0.4 is 5.32 Å². The quantitative estimate of drug-likeness (QED) is 0.795. The number of benzene rings is 1. The molecule has 106 valence electrons. The molecular weight excluding hydrogens is 254 g/mol. The number of hydrogen-bond donors (Lipinski definition) is 1. The van der Waals surface area contributed by atoms with Crippen LogP contribution in [0.4, 0.5) is 0 Å². The highest BCUT2D eigenvalue weighted by atomic mass is 16.5. The van der Waals surface area contributed by atoms with Gasteiger partial charge in [0.15, 0.2) is 0 Å². The lowest BCUT2D eigenvalue weighted by atomic mass is 9.63. The van der Waals surface area contributed by atoms with Gasteiger partial charge in [-0.25, -0.2) is 0 Å². The van der Waals surface area contributed by atoms with E-state index in [2.05, 4.69) is 5.32 Å². The molecule has 2 fully saturated rings. The van der Waals surface area contributed by atoms with Crippen LogP contribution in [0.25, 0.3) is 0 Å². The first kappa shape index (κ1) is 13.3. The summed E-state index contributed by atoms with van der Waals surface area (Å²) in [6.07, 6.45) is 1.03. The molecule has 1 aromatic rings. The third-order valence-corrected chi connectivity index (χ3v) is 4.83. The zero-order valence-corrected chi connectivity index (χ0v) is 11.8. The number of piperidine rings is 1. The number of carbonyl (C=O) groups is 2. The third kappa shape index (κ3) is 1.86. The van der Waals surface area contributed by atoms with Gasteiger partial charge in [0.2, 0.25) is 11.8 Å². The van der Waals surface area contributed by atoms with Crippen molar-refractivity contribution >= 4 is 11.8 Å². The van der Waals surface area contributed by atoms with Gasteiger partial charge >= 0.3 is 0 Å². The molecule has 2 amide bonds. The number of imide groups is 1. The van der Waals surface area contributed by atoms with E-state index in [0.717, 1.165) is 17.5 Å². The van der Waals surface area contributed by atoms with Gasteiger partial charge in [-0.1, -0.05) is 24.3 Å². The highest BCUT2D eigenvalue weighted by Crippen LogP contribution is 2.51. The molecule has 0 bridgehead atoms. The van der Waals surface area contributed by atoms with E-state index in [0.29, 0.717) is 13.0 Å². The topological polar surface area (TPSA) is 55.4 Å². The standard InChI is InChI=1S/C16H19NO3/c1-10-5-3-4-6-12(10)14-15(19)17-13(18)9-16(14)7-8-20-11(16)2/h3-6,11,14H,7-9H2,1-2H3,(H,17,18,19). The highest BCUT2D eigenvalue weighted by Gasteiger charge is 2.55. The minimum Gasteiger partial charge on any atom is -0.378 e. The summed E-state index contributed by atoms with van der Waals surface area (Å²) in [6, 6.07) is 7.90. The first-order valence-electron chi connectivity index (χ1n) is 7.05. The molecule has 0 aliphatic carbocycles. The van der Waals surface area contributed by atoms with Gasteiger partial charge in [-0.2, -0.15) is 0 Å². The zero-order chi connectivity index (χ0) is 14.3. The molecule has 2 saturated heterocycles. The largest absolute Gasteiger partial charge is 0.378 e. The van der Waals surface area contributed by atoms with Crippen molar-refractivity contribution in [2.75, 3.05) is 6.61 Å². The van der Waals surface area contributed by atoms with Crippen molar-refractivity contribution in [2.24, 2.45) is 5.41 Å². The van der Waals surface area contributed by atoms with Gasteiger partial charge in [0, 0.05) is 18.4 Å². The lowest BCUT2D eigenvalue weighted by molar-refractivity contribution is -0.142. The Bertz CT molecular complexity index is 569. The minimum atomic E-state index is -0.397. The lowest BCUT2D eigenvalue weighted by Gasteiger charge is -2.42. The van der Waals surface area contributed by atoms with E-state index in [1.54, 1.807) is 0 Å². The molecule has 2 aliphatic heterocycles. The van der Waals surface area contributed by atoms with Crippen LogP contribution in [0.2, 0.25) is 0 Å².